The maximum atomic E-state index is 12.8. The van der Waals surface area contributed by atoms with Crippen molar-refractivity contribution in [1.29, 1.82) is 0 Å². The van der Waals surface area contributed by atoms with Crippen molar-refractivity contribution in [2.75, 3.05) is 54.4 Å². The topological polar surface area (TPSA) is 140 Å². The highest BCUT2D eigenvalue weighted by atomic mass is 32.2. The van der Waals surface area contributed by atoms with Crippen LogP contribution in [-0.2, 0) is 14.6 Å². The number of carbonyl (C=O) groups is 2. The molecular formula is C26H38N8O4S. The van der Waals surface area contributed by atoms with Gasteiger partial charge in [-0.25, -0.2) is 18.2 Å². The third-order valence-corrected chi connectivity index (χ3v) is 8.39. The molecule has 0 saturated heterocycles. The first kappa shape index (κ1) is 28.6. The SMILES string of the molecule is CC(C)N1CC(=O)N(C)c2cnc(Nc3cc(NC(=O)NC4CCC(N(C)C)CC4)cc(S(C)(=O)=O)c3)nc21. The highest BCUT2D eigenvalue weighted by Crippen LogP contribution is 2.33. The highest BCUT2D eigenvalue weighted by molar-refractivity contribution is 7.90. The number of hydrogen-bond acceptors (Lipinski definition) is 9. The molecule has 1 aromatic heterocycles. The van der Waals surface area contributed by atoms with Crippen LogP contribution in [0.1, 0.15) is 39.5 Å². The van der Waals surface area contributed by atoms with Gasteiger partial charge < -0.3 is 30.7 Å². The van der Waals surface area contributed by atoms with Crippen LogP contribution >= 0.6 is 0 Å². The normalized spacial score (nSPS) is 19.7. The van der Waals surface area contributed by atoms with Gasteiger partial charge in [0.05, 0.1) is 17.6 Å². The van der Waals surface area contributed by atoms with E-state index < -0.39 is 9.84 Å². The Balaban J connectivity index is 1.54. The van der Waals surface area contributed by atoms with E-state index in [0.29, 0.717) is 28.9 Å². The number of aromatic nitrogens is 2. The van der Waals surface area contributed by atoms with Crippen LogP contribution in [0.15, 0.2) is 29.3 Å². The van der Waals surface area contributed by atoms with E-state index >= 15 is 0 Å². The van der Waals surface area contributed by atoms with Gasteiger partial charge in [0.15, 0.2) is 15.7 Å². The zero-order valence-corrected chi connectivity index (χ0v) is 24.2. The van der Waals surface area contributed by atoms with E-state index in [4.69, 9.17) is 0 Å². The van der Waals surface area contributed by atoms with Crippen LogP contribution in [0.5, 0.6) is 0 Å². The van der Waals surface area contributed by atoms with Gasteiger partial charge in [0.1, 0.15) is 5.69 Å². The lowest BCUT2D eigenvalue weighted by atomic mass is 9.91. The van der Waals surface area contributed by atoms with E-state index in [1.165, 1.54) is 17.0 Å². The Morgan fingerprint density at radius 2 is 1.77 bits per heavy atom. The number of benzene rings is 1. The van der Waals surface area contributed by atoms with E-state index in [0.717, 1.165) is 31.9 Å². The third kappa shape index (κ3) is 6.77. The average molecular weight is 559 g/mol. The second-order valence-electron chi connectivity index (χ2n) is 10.8. The number of urea groups is 1. The number of nitrogens with one attached hydrogen (secondary N) is 3. The summed E-state index contributed by atoms with van der Waals surface area (Å²) in [4.78, 5) is 39.8. The quantitative estimate of drug-likeness (QED) is 0.468. The number of fused-ring (bicyclic) bond motifs is 1. The van der Waals surface area contributed by atoms with Gasteiger partial charge in [0, 0.05) is 42.8 Å². The van der Waals surface area contributed by atoms with Crippen molar-refractivity contribution >= 4 is 50.6 Å². The molecule has 0 radical (unpaired) electrons. The zero-order valence-electron chi connectivity index (χ0n) is 23.4. The molecule has 3 N–H and O–H groups in total. The van der Waals surface area contributed by atoms with Crippen molar-refractivity contribution in [3.63, 3.8) is 0 Å². The van der Waals surface area contributed by atoms with Crippen LogP contribution in [0, 0.1) is 0 Å². The summed E-state index contributed by atoms with van der Waals surface area (Å²) < 4.78 is 24.8. The smallest absolute Gasteiger partial charge is 0.319 e. The van der Waals surface area contributed by atoms with Gasteiger partial charge in [-0.1, -0.05) is 0 Å². The van der Waals surface area contributed by atoms with Crippen molar-refractivity contribution in [3.05, 3.63) is 24.4 Å². The Hall–Kier alpha value is -3.45. The molecule has 1 aliphatic heterocycles. The van der Waals surface area contributed by atoms with Crippen LogP contribution in [0.4, 0.5) is 33.6 Å². The summed E-state index contributed by atoms with van der Waals surface area (Å²) >= 11 is 0. The minimum atomic E-state index is -3.57. The van der Waals surface area contributed by atoms with Crippen molar-refractivity contribution in [2.45, 2.75) is 62.6 Å². The highest BCUT2D eigenvalue weighted by Gasteiger charge is 2.30. The summed E-state index contributed by atoms with van der Waals surface area (Å²) in [6.07, 6.45) is 6.47. The maximum Gasteiger partial charge on any atom is 0.319 e. The molecule has 0 unspecified atom stereocenters. The fraction of sp³-hybridized carbons (Fsp3) is 0.538. The molecule has 2 heterocycles. The Labute approximate surface area is 230 Å². The largest absolute Gasteiger partial charge is 0.343 e. The van der Waals surface area contributed by atoms with Crippen LogP contribution in [-0.4, -0.2) is 87.3 Å². The van der Waals surface area contributed by atoms with Gasteiger partial charge in [0.25, 0.3) is 0 Å². The Morgan fingerprint density at radius 1 is 1.10 bits per heavy atom. The molecule has 0 atom stereocenters. The predicted molar refractivity (Wildman–Crippen MR) is 153 cm³/mol. The maximum absolute atomic E-state index is 12.8. The molecule has 3 amide bonds. The molecule has 0 bridgehead atoms. The molecule has 1 aromatic carbocycles. The van der Waals surface area contributed by atoms with Gasteiger partial charge in [-0.2, -0.15) is 4.98 Å². The lowest BCUT2D eigenvalue weighted by Crippen LogP contribution is -2.47. The fourth-order valence-electron chi connectivity index (χ4n) is 4.94. The summed E-state index contributed by atoms with van der Waals surface area (Å²) in [5, 5.41) is 8.87. The lowest BCUT2D eigenvalue weighted by Gasteiger charge is -2.36. The first-order chi connectivity index (χ1) is 18.3. The van der Waals surface area contributed by atoms with Crippen LogP contribution in [0.2, 0.25) is 0 Å². The number of nitrogens with zero attached hydrogens (tertiary/aromatic N) is 5. The van der Waals surface area contributed by atoms with Crippen molar-refractivity contribution in [1.82, 2.24) is 20.2 Å². The van der Waals surface area contributed by atoms with E-state index in [1.54, 1.807) is 19.3 Å². The van der Waals surface area contributed by atoms with E-state index in [2.05, 4.69) is 44.9 Å². The molecule has 2 aliphatic rings. The molecule has 1 saturated carbocycles. The summed E-state index contributed by atoms with van der Waals surface area (Å²) in [7, 11) is 2.25. The molecule has 12 nitrogen and oxygen atoms in total. The third-order valence-electron chi connectivity index (χ3n) is 7.30. The molecule has 4 rings (SSSR count). The number of rotatable bonds is 7. The second kappa shape index (κ2) is 11.3. The minimum absolute atomic E-state index is 0.0324. The molecule has 1 fully saturated rings. The van der Waals surface area contributed by atoms with Crippen molar-refractivity contribution < 1.29 is 18.0 Å². The molecule has 39 heavy (non-hydrogen) atoms. The predicted octanol–water partition coefficient (Wildman–Crippen LogP) is 2.81. The Kier molecular flexibility index (Phi) is 8.31. The number of carbonyl (C=O) groups excluding carboxylic acids is 2. The standard InChI is InChI=1S/C26H38N8O4S/c1-16(2)34-15-23(35)33(5)22-14-27-25(31-24(22)34)28-18-11-19(13-21(12-18)39(6,37)38)30-26(36)29-17-7-9-20(10-8-17)32(3)4/h11-14,16-17,20H,7-10,15H2,1-6H3,(H,27,28,31)(H2,29,30,36). The number of sulfone groups is 1. The first-order valence-corrected chi connectivity index (χ1v) is 15.0. The molecule has 212 valence electrons. The minimum Gasteiger partial charge on any atom is -0.343 e. The Bertz CT molecular complexity index is 1340. The molecule has 13 heteroatoms. The van der Waals surface area contributed by atoms with Crippen molar-refractivity contribution in [3.8, 4) is 0 Å². The van der Waals surface area contributed by atoms with Gasteiger partial charge >= 0.3 is 6.03 Å². The number of amides is 3. The summed E-state index contributed by atoms with van der Waals surface area (Å²) in [6.45, 7) is 4.15. The van der Waals surface area contributed by atoms with Gasteiger partial charge in [0.2, 0.25) is 11.9 Å². The average Bonchev–Trinajstić information content (AvgIpc) is 2.85. The summed E-state index contributed by atoms with van der Waals surface area (Å²) in [5.41, 5.74) is 1.32. The van der Waals surface area contributed by atoms with Crippen LogP contribution < -0.4 is 25.8 Å². The summed E-state index contributed by atoms with van der Waals surface area (Å²) in [6, 6.07) is 4.77. The summed E-state index contributed by atoms with van der Waals surface area (Å²) in [5.74, 6) is 0.785. The lowest BCUT2D eigenvalue weighted by molar-refractivity contribution is -0.117. The number of hydrogen-bond donors (Lipinski definition) is 3. The molecule has 1 aliphatic carbocycles. The van der Waals surface area contributed by atoms with Crippen LogP contribution in [0.3, 0.4) is 0 Å². The Morgan fingerprint density at radius 3 is 2.38 bits per heavy atom. The first-order valence-electron chi connectivity index (χ1n) is 13.1. The second-order valence-corrected chi connectivity index (χ2v) is 12.8. The number of anilines is 5. The van der Waals surface area contributed by atoms with Gasteiger partial charge in [-0.3, -0.25) is 4.79 Å². The fourth-order valence-corrected chi connectivity index (χ4v) is 5.62. The monoisotopic (exact) mass is 558 g/mol. The molecule has 2 aromatic rings. The van der Waals surface area contributed by atoms with E-state index in [9.17, 15) is 18.0 Å². The van der Waals surface area contributed by atoms with E-state index in [-0.39, 0.29) is 41.4 Å². The zero-order chi connectivity index (χ0) is 28.5. The molecule has 0 spiro atoms. The number of likely N-dealkylation sites (N-methyl/N-ethyl adjacent to an activating group) is 1. The van der Waals surface area contributed by atoms with E-state index in [1.807, 2.05) is 18.7 Å². The van der Waals surface area contributed by atoms with Crippen molar-refractivity contribution in [2.24, 2.45) is 0 Å². The van der Waals surface area contributed by atoms with Gasteiger partial charge in [-0.05, 0) is 71.8 Å². The van der Waals surface area contributed by atoms with Crippen LogP contribution in [0.25, 0.3) is 0 Å². The molecular weight excluding hydrogens is 520 g/mol. The van der Waals surface area contributed by atoms with Gasteiger partial charge in [-0.15, -0.1) is 0 Å².